The summed E-state index contributed by atoms with van der Waals surface area (Å²) in [6, 6.07) is 1.82. The lowest BCUT2D eigenvalue weighted by molar-refractivity contribution is 0.584. The molecule has 0 N–H and O–H groups in total. The summed E-state index contributed by atoms with van der Waals surface area (Å²) in [6.07, 6.45) is 3.46. The van der Waals surface area contributed by atoms with E-state index in [9.17, 15) is 0 Å². The van der Waals surface area contributed by atoms with E-state index < -0.39 is 0 Å². The molecule has 2 aromatic rings. The molecule has 4 heteroatoms. The van der Waals surface area contributed by atoms with E-state index in [1.165, 1.54) is 0 Å². The van der Waals surface area contributed by atoms with Gasteiger partial charge in [0.1, 0.15) is 5.58 Å². The van der Waals surface area contributed by atoms with E-state index in [1.807, 2.05) is 6.07 Å². The van der Waals surface area contributed by atoms with Gasteiger partial charge in [-0.05, 0) is 37.9 Å². The summed E-state index contributed by atoms with van der Waals surface area (Å²) in [5, 5.41) is 0.986. The molecule has 0 atom stereocenters. The molecule has 0 aliphatic carbocycles. The van der Waals surface area contributed by atoms with Gasteiger partial charge in [0.15, 0.2) is 4.67 Å². The highest BCUT2D eigenvalue weighted by Gasteiger charge is 2.07. The van der Waals surface area contributed by atoms with Gasteiger partial charge in [-0.15, -0.1) is 0 Å². The average molecular weight is 277 g/mol. The van der Waals surface area contributed by atoms with Gasteiger partial charge in [-0.25, -0.2) is 0 Å². The predicted molar refractivity (Wildman–Crippen MR) is 49.4 cm³/mol. The Hall–Kier alpha value is -0.350. The smallest absolute Gasteiger partial charge is 0.184 e. The minimum absolute atomic E-state index is 0.709. The summed E-state index contributed by atoms with van der Waals surface area (Å²) in [5.41, 5.74) is 0.832. The van der Waals surface area contributed by atoms with E-state index in [1.54, 1.807) is 12.4 Å². The Morgan fingerprint density at radius 2 is 2.18 bits per heavy atom. The summed E-state index contributed by atoms with van der Waals surface area (Å²) >= 11 is 6.64. The van der Waals surface area contributed by atoms with E-state index in [-0.39, 0.29) is 0 Å². The highest BCUT2D eigenvalue weighted by atomic mass is 79.9. The van der Waals surface area contributed by atoms with Crippen LogP contribution in [0.25, 0.3) is 11.0 Å². The van der Waals surface area contributed by atoms with Crippen LogP contribution in [0.3, 0.4) is 0 Å². The number of fused-ring (bicyclic) bond motifs is 1. The Morgan fingerprint density at radius 1 is 1.36 bits per heavy atom. The molecule has 0 saturated heterocycles. The molecule has 2 nitrogen and oxygen atoms in total. The summed E-state index contributed by atoms with van der Waals surface area (Å²) in [5.74, 6) is 0. The van der Waals surface area contributed by atoms with Gasteiger partial charge in [0.05, 0.1) is 9.86 Å². The molecule has 56 valence electrons. The van der Waals surface area contributed by atoms with Crippen molar-refractivity contribution in [1.29, 1.82) is 0 Å². The molecule has 0 saturated carbocycles. The van der Waals surface area contributed by atoms with Gasteiger partial charge in [-0.2, -0.15) is 0 Å². The number of nitrogens with zero attached hydrogens (tertiary/aromatic N) is 1. The lowest BCUT2D eigenvalue weighted by atomic mass is 10.3. The number of rotatable bonds is 0. The quantitative estimate of drug-likeness (QED) is 0.738. The van der Waals surface area contributed by atoms with Crippen LogP contribution >= 0.6 is 31.9 Å². The summed E-state index contributed by atoms with van der Waals surface area (Å²) < 4.78 is 6.95. The zero-order chi connectivity index (χ0) is 7.84. The monoisotopic (exact) mass is 275 g/mol. The van der Waals surface area contributed by atoms with Crippen LogP contribution in [0.1, 0.15) is 0 Å². The van der Waals surface area contributed by atoms with Crippen molar-refractivity contribution < 1.29 is 4.42 Å². The molecular formula is C7H3Br2NO. The number of furan rings is 1. The molecule has 0 unspecified atom stereocenters. The summed E-state index contributed by atoms with van der Waals surface area (Å²) in [4.78, 5) is 3.98. The zero-order valence-corrected chi connectivity index (χ0v) is 8.52. The van der Waals surface area contributed by atoms with E-state index in [0.29, 0.717) is 4.67 Å². The molecule has 0 amide bonds. The first-order valence-corrected chi connectivity index (χ1v) is 4.55. The number of pyridine rings is 1. The van der Waals surface area contributed by atoms with Crippen LogP contribution in [0.4, 0.5) is 0 Å². The maximum atomic E-state index is 5.33. The fourth-order valence-corrected chi connectivity index (χ4v) is 1.65. The normalized spacial score (nSPS) is 10.7. The Labute approximate surface area is 79.9 Å². The minimum atomic E-state index is 0.709. The van der Waals surface area contributed by atoms with Crippen molar-refractivity contribution in [1.82, 2.24) is 4.98 Å². The molecule has 0 bridgehead atoms. The van der Waals surface area contributed by atoms with Crippen molar-refractivity contribution in [2.75, 3.05) is 0 Å². The van der Waals surface area contributed by atoms with E-state index in [0.717, 1.165) is 15.4 Å². The van der Waals surface area contributed by atoms with Crippen LogP contribution in [0.15, 0.2) is 32.0 Å². The van der Waals surface area contributed by atoms with Gasteiger partial charge in [0.2, 0.25) is 0 Å². The number of hydrogen-bond acceptors (Lipinski definition) is 2. The van der Waals surface area contributed by atoms with Gasteiger partial charge in [-0.3, -0.25) is 4.98 Å². The van der Waals surface area contributed by atoms with Crippen LogP contribution < -0.4 is 0 Å². The van der Waals surface area contributed by atoms with Gasteiger partial charge >= 0.3 is 0 Å². The lowest BCUT2D eigenvalue weighted by Crippen LogP contribution is -1.67. The Bertz CT molecular complexity index is 396. The summed E-state index contributed by atoms with van der Waals surface area (Å²) in [6.45, 7) is 0. The molecular weight excluding hydrogens is 274 g/mol. The van der Waals surface area contributed by atoms with E-state index >= 15 is 0 Å². The third kappa shape index (κ3) is 1.10. The van der Waals surface area contributed by atoms with Crippen molar-refractivity contribution in [3.63, 3.8) is 0 Å². The number of halogens is 2. The molecule has 0 spiro atoms. The van der Waals surface area contributed by atoms with Crippen LogP contribution in [-0.2, 0) is 0 Å². The Balaban J connectivity index is 2.92. The standard InChI is InChI=1S/C7H3Br2NO/c8-6-4-3-10-2-1-5(4)11-7(6)9/h1-3H. The first-order valence-electron chi connectivity index (χ1n) is 2.96. The largest absolute Gasteiger partial charge is 0.448 e. The molecule has 11 heavy (non-hydrogen) atoms. The molecule has 0 aromatic carbocycles. The third-order valence-electron chi connectivity index (χ3n) is 1.39. The molecule has 0 aliphatic rings. The molecule has 2 rings (SSSR count). The molecule has 0 fully saturated rings. The second-order valence-electron chi connectivity index (χ2n) is 2.06. The second-order valence-corrected chi connectivity index (χ2v) is 3.57. The highest BCUT2D eigenvalue weighted by molar-refractivity contribution is 9.13. The summed E-state index contributed by atoms with van der Waals surface area (Å²) in [7, 11) is 0. The predicted octanol–water partition coefficient (Wildman–Crippen LogP) is 3.35. The van der Waals surface area contributed by atoms with Crippen molar-refractivity contribution in [2.45, 2.75) is 0 Å². The zero-order valence-electron chi connectivity index (χ0n) is 5.34. The average Bonchev–Trinajstić information content (AvgIpc) is 2.30. The maximum Gasteiger partial charge on any atom is 0.184 e. The minimum Gasteiger partial charge on any atom is -0.448 e. The van der Waals surface area contributed by atoms with Gasteiger partial charge in [0, 0.05) is 12.4 Å². The number of aromatic nitrogens is 1. The van der Waals surface area contributed by atoms with Crippen molar-refractivity contribution in [2.24, 2.45) is 0 Å². The molecule has 2 aromatic heterocycles. The third-order valence-corrected chi connectivity index (χ3v) is 3.27. The molecule has 0 radical (unpaired) electrons. The first-order chi connectivity index (χ1) is 5.29. The molecule has 0 aliphatic heterocycles. The van der Waals surface area contributed by atoms with Crippen molar-refractivity contribution in [3.8, 4) is 0 Å². The Kier molecular flexibility index (Phi) is 1.73. The van der Waals surface area contributed by atoms with Gasteiger partial charge < -0.3 is 4.42 Å². The lowest BCUT2D eigenvalue weighted by Gasteiger charge is -1.83. The first kappa shape index (κ1) is 7.31. The molecule has 2 heterocycles. The van der Waals surface area contributed by atoms with Gasteiger partial charge in [0.25, 0.3) is 0 Å². The fraction of sp³-hybridized carbons (Fsp3) is 0. The van der Waals surface area contributed by atoms with Gasteiger partial charge in [-0.1, -0.05) is 0 Å². The van der Waals surface area contributed by atoms with Crippen molar-refractivity contribution >= 4 is 42.8 Å². The second kappa shape index (κ2) is 2.60. The van der Waals surface area contributed by atoms with E-state index in [2.05, 4.69) is 36.8 Å². The fourth-order valence-electron chi connectivity index (χ4n) is 0.883. The Morgan fingerprint density at radius 3 is 2.91 bits per heavy atom. The highest BCUT2D eigenvalue weighted by Crippen LogP contribution is 2.33. The van der Waals surface area contributed by atoms with Crippen LogP contribution in [0, 0.1) is 0 Å². The van der Waals surface area contributed by atoms with Crippen molar-refractivity contribution in [3.05, 3.63) is 27.6 Å². The maximum absolute atomic E-state index is 5.33. The van der Waals surface area contributed by atoms with Crippen LogP contribution in [0.2, 0.25) is 0 Å². The van der Waals surface area contributed by atoms with Crippen LogP contribution in [0.5, 0.6) is 0 Å². The van der Waals surface area contributed by atoms with Crippen LogP contribution in [-0.4, -0.2) is 4.98 Å². The number of hydrogen-bond donors (Lipinski definition) is 0. The SMILES string of the molecule is Brc1oc2ccncc2c1Br. The topological polar surface area (TPSA) is 26.0 Å². The van der Waals surface area contributed by atoms with E-state index in [4.69, 9.17) is 4.42 Å².